The molecule has 0 amide bonds. The van der Waals surface area contributed by atoms with Crippen LogP contribution in [0.25, 0.3) is 0 Å². The second-order valence-corrected chi connectivity index (χ2v) is 7.61. The number of nitrogens with zero attached hydrogens (tertiary/aromatic N) is 1. The molecule has 19 heavy (non-hydrogen) atoms. The molecule has 1 saturated heterocycles. The third-order valence-corrected chi connectivity index (χ3v) is 5.74. The zero-order valence-electron chi connectivity index (χ0n) is 11.3. The van der Waals surface area contributed by atoms with Crippen LogP contribution in [-0.2, 0) is 10.8 Å². The third-order valence-electron chi connectivity index (χ3n) is 3.78. The van der Waals surface area contributed by atoms with Crippen molar-refractivity contribution in [1.29, 1.82) is 0 Å². The molecule has 1 aromatic carbocycles. The molecular formula is C14H21BrN2OS. The highest BCUT2D eigenvalue weighted by Gasteiger charge is 2.20. The summed E-state index contributed by atoms with van der Waals surface area (Å²) in [7, 11) is 1.18. The number of likely N-dealkylation sites (tertiary alicyclic amines) is 1. The smallest absolute Gasteiger partial charge is 0.0618 e. The van der Waals surface area contributed by atoms with Crippen molar-refractivity contribution in [3.8, 4) is 0 Å². The molecule has 0 bridgehead atoms. The molecule has 0 radical (unpaired) electrons. The summed E-state index contributed by atoms with van der Waals surface area (Å²) in [5, 5.41) is 0. The van der Waals surface area contributed by atoms with Crippen LogP contribution in [0.3, 0.4) is 0 Å². The first kappa shape index (κ1) is 15.0. The largest absolute Gasteiger partial charge is 0.398 e. The van der Waals surface area contributed by atoms with Crippen LogP contribution >= 0.6 is 15.9 Å². The van der Waals surface area contributed by atoms with Crippen LogP contribution in [0.2, 0.25) is 0 Å². The fourth-order valence-corrected chi connectivity index (χ4v) is 4.22. The highest BCUT2D eigenvalue weighted by atomic mass is 79.9. The standard InChI is InChI=1S/C14H21BrN2OS/c1-17-8-3-2-4-12(17)7-9-19(18)14-6-5-11(15)10-13(14)16/h5-6,10,12H,2-4,7-9,16H2,1H3. The maximum Gasteiger partial charge on any atom is 0.0618 e. The minimum Gasteiger partial charge on any atom is -0.398 e. The number of hydrogen-bond acceptors (Lipinski definition) is 3. The molecule has 1 aliphatic heterocycles. The molecule has 2 N–H and O–H groups in total. The van der Waals surface area contributed by atoms with Crippen LogP contribution < -0.4 is 5.73 Å². The van der Waals surface area contributed by atoms with E-state index in [0.29, 0.717) is 17.5 Å². The molecule has 2 rings (SSSR count). The van der Waals surface area contributed by atoms with Crippen LogP contribution in [0.5, 0.6) is 0 Å². The van der Waals surface area contributed by atoms with E-state index in [1.54, 1.807) is 0 Å². The van der Waals surface area contributed by atoms with Crippen molar-refractivity contribution in [3.63, 3.8) is 0 Å². The van der Waals surface area contributed by atoms with Gasteiger partial charge in [-0.25, -0.2) is 0 Å². The molecule has 0 spiro atoms. The lowest BCUT2D eigenvalue weighted by atomic mass is 10.0. The molecule has 1 aromatic rings. The van der Waals surface area contributed by atoms with E-state index in [4.69, 9.17) is 5.73 Å². The lowest BCUT2D eigenvalue weighted by Gasteiger charge is -2.32. The van der Waals surface area contributed by atoms with Gasteiger partial charge in [0.15, 0.2) is 0 Å². The SMILES string of the molecule is CN1CCCCC1CCS(=O)c1ccc(Br)cc1N. The van der Waals surface area contributed by atoms with Crippen LogP contribution in [0.1, 0.15) is 25.7 Å². The molecule has 0 aromatic heterocycles. The molecular weight excluding hydrogens is 324 g/mol. The van der Waals surface area contributed by atoms with Gasteiger partial charge in [0.2, 0.25) is 0 Å². The first-order valence-corrected chi connectivity index (χ1v) is 8.83. The Labute approximate surface area is 126 Å². The van der Waals surface area contributed by atoms with Crippen LogP contribution in [0, 0.1) is 0 Å². The van der Waals surface area contributed by atoms with Crippen LogP contribution in [0.4, 0.5) is 5.69 Å². The van der Waals surface area contributed by atoms with Gasteiger partial charge in [0.1, 0.15) is 0 Å². The maximum atomic E-state index is 12.3. The summed E-state index contributed by atoms with van der Waals surface area (Å²) in [6.07, 6.45) is 4.79. The van der Waals surface area contributed by atoms with Gasteiger partial charge in [-0.05, 0) is 51.1 Å². The molecule has 1 heterocycles. The van der Waals surface area contributed by atoms with Crippen molar-refractivity contribution < 1.29 is 4.21 Å². The molecule has 2 atom stereocenters. The summed E-state index contributed by atoms with van der Waals surface area (Å²) in [5.74, 6) is 0.695. The average molecular weight is 345 g/mol. The molecule has 5 heteroatoms. The highest BCUT2D eigenvalue weighted by molar-refractivity contribution is 9.10. The average Bonchev–Trinajstić information content (AvgIpc) is 2.37. The van der Waals surface area contributed by atoms with E-state index in [-0.39, 0.29) is 0 Å². The van der Waals surface area contributed by atoms with Crippen LogP contribution in [-0.4, -0.2) is 34.5 Å². The first-order valence-electron chi connectivity index (χ1n) is 6.71. The summed E-state index contributed by atoms with van der Waals surface area (Å²) in [4.78, 5) is 3.16. The maximum absolute atomic E-state index is 12.3. The minimum absolute atomic E-state index is 0.578. The number of anilines is 1. The van der Waals surface area contributed by atoms with Gasteiger partial charge in [0, 0.05) is 22.0 Å². The number of nitrogen functional groups attached to an aromatic ring is 1. The number of benzene rings is 1. The monoisotopic (exact) mass is 344 g/mol. The Morgan fingerprint density at radius 3 is 2.95 bits per heavy atom. The van der Waals surface area contributed by atoms with Gasteiger partial charge in [0.25, 0.3) is 0 Å². The Balaban J connectivity index is 1.93. The topological polar surface area (TPSA) is 46.3 Å². The van der Waals surface area contributed by atoms with Gasteiger partial charge in [-0.3, -0.25) is 4.21 Å². The molecule has 106 valence electrons. The number of hydrogen-bond donors (Lipinski definition) is 1. The predicted octanol–water partition coefficient (Wildman–Crippen LogP) is 3.01. The molecule has 3 nitrogen and oxygen atoms in total. The number of nitrogens with two attached hydrogens (primary N) is 1. The highest BCUT2D eigenvalue weighted by Crippen LogP contribution is 2.24. The molecule has 1 aliphatic rings. The minimum atomic E-state index is -0.992. The fourth-order valence-electron chi connectivity index (χ4n) is 2.59. The Hall–Kier alpha value is -0.390. The quantitative estimate of drug-likeness (QED) is 0.854. The molecule has 2 unspecified atom stereocenters. The van der Waals surface area contributed by atoms with E-state index in [1.807, 2.05) is 18.2 Å². The van der Waals surface area contributed by atoms with E-state index < -0.39 is 10.8 Å². The summed E-state index contributed by atoms with van der Waals surface area (Å²) >= 11 is 3.37. The van der Waals surface area contributed by atoms with Crippen molar-refractivity contribution in [2.45, 2.75) is 36.6 Å². The Morgan fingerprint density at radius 1 is 1.47 bits per heavy atom. The van der Waals surface area contributed by atoms with Crippen molar-refractivity contribution in [1.82, 2.24) is 4.90 Å². The van der Waals surface area contributed by atoms with E-state index in [0.717, 1.165) is 22.3 Å². The molecule has 1 fully saturated rings. The number of rotatable bonds is 4. The van der Waals surface area contributed by atoms with Gasteiger partial charge in [-0.1, -0.05) is 22.4 Å². The Bertz CT molecular complexity index is 467. The second kappa shape index (κ2) is 6.86. The third kappa shape index (κ3) is 4.04. The van der Waals surface area contributed by atoms with E-state index in [2.05, 4.69) is 27.9 Å². The molecule has 0 saturated carbocycles. The fraction of sp³-hybridized carbons (Fsp3) is 0.571. The van der Waals surface area contributed by atoms with Crippen LogP contribution in [0.15, 0.2) is 27.6 Å². The first-order chi connectivity index (χ1) is 9.08. The van der Waals surface area contributed by atoms with E-state index in [1.165, 1.54) is 19.3 Å². The lowest BCUT2D eigenvalue weighted by molar-refractivity contribution is 0.182. The number of piperidine rings is 1. The predicted molar refractivity (Wildman–Crippen MR) is 84.7 cm³/mol. The van der Waals surface area contributed by atoms with Crippen molar-refractivity contribution >= 4 is 32.4 Å². The Morgan fingerprint density at radius 2 is 2.26 bits per heavy atom. The van der Waals surface area contributed by atoms with Gasteiger partial charge in [0.05, 0.1) is 15.7 Å². The van der Waals surface area contributed by atoms with Gasteiger partial charge in [-0.2, -0.15) is 0 Å². The van der Waals surface area contributed by atoms with E-state index in [9.17, 15) is 4.21 Å². The molecule has 0 aliphatic carbocycles. The zero-order chi connectivity index (χ0) is 13.8. The van der Waals surface area contributed by atoms with Crippen molar-refractivity contribution in [2.75, 3.05) is 25.1 Å². The Kier molecular flexibility index (Phi) is 5.42. The van der Waals surface area contributed by atoms with E-state index >= 15 is 0 Å². The van der Waals surface area contributed by atoms with Gasteiger partial charge >= 0.3 is 0 Å². The summed E-state index contributed by atoms with van der Waals surface area (Å²) in [5.41, 5.74) is 6.54. The van der Waals surface area contributed by atoms with Gasteiger partial charge in [-0.15, -0.1) is 0 Å². The zero-order valence-corrected chi connectivity index (χ0v) is 13.7. The van der Waals surface area contributed by atoms with Crippen molar-refractivity contribution in [3.05, 3.63) is 22.7 Å². The summed E-state index contributed by atoms with van der Waals surface area (Å²) in [6, 6.07) is 6.16. The second-order valence-electron chi connectivity index (χ2n) is 5.15. The summed E-state index contributed by atoms with van der Waals surface area (Å²) < 4.78 is 13.3. The van der Waals surface area contributed by atoms with Crippen molar-refractivity contribution in [2.24, 2.45) is 0 Å². The normalized spacial score (nSPS) is 22.3. The summed E-state index contributed by atoms with van der Waals surface area (Å²) in [6.45, 7) is 1.16. The number of halogens is 1. The van der Waals surface area contributed by atoms with Gasteiger partial charge < -0.3 is 10.6 Å². The lowest BCUT2D eigenvalue weighted by Crippen LogP contribution is -2.37.